The molecule has 2 aromatic heterocycles. The van der Waals surface area contributed by atoms with Gasteiger partial charge in [-0.1, -0.05) is 47.6 Å². The number of pyridine rings is 1. The molecule has 6 heteroatoms. The Bertz CT molecular complexity index is 1470. The van der Waals surface area contributed by atoms with E-state index in [1.54, 1.807) is 17.9 Å². The molecule has 0 aliphatic rings. The van der Waals surface area contributed by atoms with Gasteiger partial charge < -0.3 is 9.26 Å². The van der Waals surface area contributed by atoms with Crippen LogP contribution in [0.25, 0.3) is 39.3 Å². The van der Waals surface area contributed by atoms with E-state index in [0.717, 1.165) is 22.2 Å². The van der Waals surface area contributed by atoms with E-state index in [-0.39, 0.29) is 5.56 Å². The SMILES string of the molecule is COc1ccccc1-c1noc(-c2cn(-c3cccc(C)c3)c(=O)c3ccccc23)n1. The van der Waals surface area contributed by atoms with Crippen LogP contribution in [0.5, 0.6) is 5.75 Å². The Kier molecular flexibility index (Phi) is 4.59. The van der Waals surface area contributed by atoms with Crippen molar-refractivity contribution in [1.82, 2.24) is 14.7 Å². The molecule has 31 heavy (non-hydrogen) atoms. The van der Waals surface area contributed by atoms with Gasteiger partial charge in [0.05, 0.1) is 18.2 Å². The number of hydrogen-bond acceptors (Lipinski definition) is 5. The quantitative estimate of drug-likeness (QED) is 0.417. The van der Waals surface area contributed by atoms with Crippen molar-refractivity contribution in [3.8, 4) is 34.3 Å². The predicted octanol–water partition coefficient (Wildman–Crippen LogP) is 5.02. The minimum absolute atomic E-state index is 0.102. The number of methoxy groups -OCH3 is 1. The molecule has 0 aliphatic carbocycles. The third-order valence-corrected chi connectivity index (χ3v) is 5.21. The molecule has 0 saturated heterocycles. The van der Waals surface area contributed by atoms with E-state index in [1.807, 2.05) is 79.7 Å². The Morgan fingerprint density at radius 2 is 1.68 bits per heavy atom. The Hall–Kier alpha value is -4.19. The minimum atomic E-state index is -0.102. The number of hydrogen-bond donors (Lipinski definition) is 0. The van der Waals surface area contributed by atoms with Crippen LogP contribution in [-0.2, 0) is 0 Å². The summed E-state index contributed by atoms with van der Waals surface area (Å²) in [6.07, 6.45) is 1.76. The van der Waals surface area contributed by atoms with Crippen LogP contribution in [0.15, 0.2) is 88.3 Å². The fourth-order valence-corrected chi connectivity index (χ4v) is 3.70. The van der Waals surface area contributed by atoms with E-state index in [2.05, 4.69) is 10.1 Å². The van der Waals surface area contributed by atoms with E-state index in [0.29, 0.717) is 28.4 Å². The number of rotatable bonds is 4. The molecule has 0 amide bonds. The highest BCUT2D eigenvalue weighted by molar-refractivity contribution is 5.94. The summed E-state index contributed by atoms with van der Waals surface area (Å²) in [6.45, 7) is 1.99. The lowest BCUT2D eigenvalue weighted by Crippen LogP contribution is -2.18. The second kappa shape index (κ2) is 7.57. The molecule has 6 nitrogen and oxygen atoms in total. The molecular formula is C25H19N3O3. The molecule has 0 bridgehead atoms. The van der Waals surface area contributed by atoms with Gasteiger partial charge in [-0.2, -0.15) is 4.98 Å². The number of aromatic nitrogens is 3. The Morgan fingerprint density at radius 3 is 2.48 bits per heavy atom. The van der Waals surface area contributed by atoms with Crippen LogP contribution in [0.1, 0.15) is 5.56 Å². The number of benzene rings is 3. The maximum Gasteiger partial charge on any atom is 0.262 e. The average molecular weight is 409 g/mol. The first-order chi connectivity index (χ1) is 15.2. The number of aryl methyl sites for hydroxylation is 1. The van der Waals surface area contributed by atoms with E-state index in [9.17, 15) is 4.79 Å². The largest absolute Gasteiger partial charge is 0.496 e. The first kappa shape index (κ1) is 18.8. The molecule has 3 aromatic carbocycles. The molecule has 0 fully saturated rings. The van der Waals surface area contributed by atoms with Gasteiger partial charge in [0, 0.05) is 22.7 Å². The van der Waals surface area contributed by atoms with Gasteiger partial charge >= 0.3 is 0 Å². The van der Waals surface area contributed by atoms with E-state index in [4.69, 9.17) is 9.26 Å². The zero-order chi connectivity index (χ0) is 21.4. The van der Waals surface area contributed by atoms with Crippen molar-refractivity contribution in [2.24, 2.45) is 0 Å². The smallest absolute Gasteiger partial charge is 0.262 e. The van der Waals surface area contributed by atoms with Crippen LogP contribution in [0.3, 0.4) is 0 Å². The molecule has 5 aromatic rings. The lowest BCUT2D eigenvalue weighted by Gasteiger charge is -2.11. The van der Waals surface area contributed by atoms with Gasteiger partial charge in [-0.25, -0.2) is 0 Å². The summed E-state index contributed by atoms with van der Waals surface area (Å²) >= 11 is 0. The first-order valence-electron chi connectivity index (χ1n) is 9.84. The summed E-state index contributed by atoms with van der Waals surface area (Å²) in [5.41, 5.74) is 3.16. The second-order valence-electron chi connectivity index (χ2n) is 7.23. The van der Waals surface area contributed by atoms with Crippen LogP contribution in [0.2, 0.25) is 0 Å². The molecule has 0 aliphatic heterocycles. The maximum absolute atomic E-state index is 13.2. The van der Waals surface area contributed by atoms with Crippen molar-refractivity contribution in [3.63, 3.8) is 0 Å². The van der Waals surface area contributed by atoms with Gasteiger partial charge in [-0.05, 0) is 42.8 Å². The fourth-order valence-electron chi connectivity index (χ4n) is 3.70. The van der Waals surface area contributed by atoms with Crippen LogP contribution >= 0.6 is 0 Å². The molecule has 0 unspecified atom stereocenters. The topological polar surface area (TPSA) is 70.2 Å². The van der Waals surface area contributed by atoms with E-state index >= 15 is 0 Å². The van der Waals surface area contributed by atoms with Gasteiger partial charge in [0.25, 0.3) is 11.4 Å². The zero-order valence-electron chi connectivity index (χ0n) is 17.1. The monoisotopic (exact) mass is 409 g/mol. The summed E-state index contributed by atoms with van der Waals surface area (Å²) in [6, 6.07) is 22.7. The molecule has 152 valence electrons. The highest BCUT2D eigenvalue weighted by atomic mass is 16.5. The van der Waals surface area contributed by atoms with Crippen LogP contribution < -0.4 is 10.3 Å². The highest BCUT2D eigenvalue weighted by Crippen LogP contribution is 2.31. The van der Waals surface area contributed by atoms with Gasteiger partial charge in [0.2, 0.25) is 5.82 Å². The van der Waals surface area contributed by atoms with Crippen LogP contribution in [-0.4, -0.2) is 21.8 Å². The molecule has 0 atom stereocenters. The van der Waals surface area contributed by atoms with E-state index < -0.39 is 0 Å². The fraction of sp³-hybridized carbons (Fsp3) is 0.0800. The zero-order valence-corrected chi connectivity index (χ0v) is 17.1. The molecule has 5 rings (SSSR count). The summed E-state index contributed by atoms with van der Waals surface area (Å²) in [4.78, 5) is 17.8. The summed E-state index contributed by atoms with van der Waals surface area (Å²) in [7, 11) is 1.60. The van der Waals surface area contributed by atoms with Crippen molar-refractivity contribution in [2.75, 3.05) is 7.11 Å². The minimum Gasteiger partial charge on any atom is -0.496 e. The average Bonchev–Trinajstić information content (AvgIpc) is 3.29. The molecule has 0 spiro atoms. The van der Waals surface area contributed by atoms with Crippen molar-refractivity contribution in [1.29, 1.82) is 0 Å². The number of nitrogens with zero attached hydrogens (tertiary/aromatic N) is 3. The molecule has 0 N–H and O–H groups in total. The summed E-state index contributed by atoms with van der Waals surface area (Å²) in [5, 5.41) is 5.50. The van der Waals surface area contributed by atoms with Gasteiger partial charge in [0.1, 0.15) is 5.75 Å². The maximum atomic E-state index is 13.2. The van der Waals surface area contributed by atoms with Gasteiger partial charge in [-0.3, -0.25) is 9.36 Å². The predicted molar refractivity (Wildman–Crippen MR) is 120 cm³/mol. The van der Waals surface area contributed by atoms with Gasteiger partial charge in [0.15, 0.2) is 0 Å². The lowest BCUT2D eigenvalue weighted by atomic mass is 10.1. The standard InChI is InChI=1S/C25H19N3O3/c1-16-8-7-9-17(14-16)28-15-21(18-10-3-4-11-19(18)25(28)29)24-26-23(27-31-24)20-12-5-6-13-22(20)30-2/h3-15H,1-2H3. The van der Waals surface area contributed by atoms with Crippen LogP contribution in [0, 0.1) is 6.92 Å². The molecule has 0 radical (unpaired) electrons. The number of fused-ring (bicyclic) bond motifs is 1. The Labute approximate surface area is 178 Å². The van der Waals surface area contributed by atoms with Crippen molar-refractivity contribution < 1.29 is 9.26 Å². The van der Waals surface area contributed by atoms with E-state index in [1.165, 1.54) is 0 Å². The third kappa shape index (κ3) is 3.28. The van der Waals surface area contributed by atoms with Crippen LogP contribution in [0.4, 0.5) is 0 Å². The number of ether oxygens (including phenoxy) is 1. The first-order valence-corrected chi connectivity index (χ1v) is 9.84. The van der Waals surface area contributed by atoms with Crippen molar-refractivity contribution in [2.45, 2.75) is 6.92 Å². The summed E-state index contributed by atoms with van der Waals surface area (Å²) < 4.78 is 12.7. The lowest BCUT2D eigenvalue weighted by molar-refractivity contribution is 0.413. The molecular weight excluding hydrogens is 390 g/mol. The van der Waals surface area contributed by atoms with Gasteiger partial charge in [-0.15, -0.1) is 0 Å². The highest BCUT2D eigenvalue weighted by Gasteiger charge is 2.18. The molecule has 0 saturated carbocycles. The number of para-hydroxylation sites is 1. The Balaban J connectivity index is 1.73. The molecule has 2 heterocycles. The Morgan fingerprint density at radius 1 is 0.903 bits per heavy atom. The van der Waals surface area contributed by atoms with Crippen molar-refractivity contribution >= 4 is 10.8 Å². The second-order valence-corrected chi connectivity index (χ2v) is 7.23. The normalized spacial score (nSPS) is 11.0. The summed E-state index contributed by atoms with van der Waals surface area (Å²) in [5.74, 6) is 1.41. The third-order valence-electron chi connectivity index (χ3n) is 5.21. The van der Waals surface area contributed by atoms with Crippen molar-refractivity contribution in [3.05, 3.63) is 94.9 Å².